The van der Waals surface area contributed by atoms with Gasteiger partial charge in [0.25, 0.3) is 0 Å². The molecular weight excluding hydrogens is 420 g/mol. The Morgan fingerprint density at radius 3 is 2.21 bits per heavy atom. The first-order chi connectivity index (χ1) is 16.0. The van der Waals surface area contributed by atoms with Gasteiger partial charge in [-0.25, -0.2) is 4.79 Å². The van der Waals surface area contributed by atoms with Gasteiger partial charge in [-0.05, 0) is 47.4 Å². The number of alkyl carbamates (subject to hydrolysis) is 1. The number of hydrogen-bond donors (Lipinski definition) is 3. The number of carbonyl (C=O) groups excluding carboxylic acids is 2. The third-order valence-electron chi connectivity index (χ3n) is 6.75. The van der Waals surface area contributed by atoms with Crippen LogP contribution < -0.4 is 10.6 Å². The summed E-state index contributed by atoms with van der Waals surface area (Å²) in [5.74, 6) is -1.15. The Bertz CT molecular complexity index is 985. The molecule has 33 heavy (non-hydrogen) atoms. The predicted molar refractivity (Wildman–Crippen MR) is 124 cm³/mol. The lowest BCUT2D eigenvalue weighted by Crippen LogP contribution is -2.48. The third kappa shape index (κ3) is 5.18. The molecule has 3 N–H and O–H groups in total. The molecule has 7 nitrogen and oxygen atoms in total. The molecular formula is C26H30N2O5. The van der Waals surface area contributed by atoms with E-state index in [1.54, 1.807) is 0 Å². The summed E-state index contributed by atoms with van der Waals surface area (Å²) in [5, 5.41) is 14.5. The van der Waals surface area contributed by atoms with Crippen LogP contribution in [0.2, 0.25) is 0 Å². The number of aliphatic carboxylic acids is 1. The molecule has 4 rings (SSSR count). The van der Waals surface area contributed by atoms with Crippen LogP contribution >= 0.6 is 0 Å². The van der Waals surface area contributed by atoms with Crippen LogP contribution in [0.15, 0.2) is 48.5 Å². The second-order valence-electron chi connectivity index (χ2n) is 8.95. The topological polar surface area (TPSA) is 105 Å². The highest BCUT2D eigenvalue weighted by atomic mass is 16.5. The van der Waals surface area contributed by atoms with Gasteiger partial charge in [-0.3, -0.25) is 9.59 Å². The zero-order chi connectivity index (χ0) is 23.4. The van der Waals surface area contributed by atoms with Crippen LogP contribution in [-0.2, 0) is 14.3 Å². The highest BCUT2D eigenvalue weighted by molar-refractivity contribution is 5.80. The van der Waals surface area contributed by atoms with Gasteiger partial charge in [-0.15, -0.1) is 0 Å². The van der Waals surface area contributed by atoms with Crippen LogP contribution in [0.3, 0.4) is 0 Å². The number of benzene rings is 2. The highest BCUT2D eigenvalue weighted by Crippen LogP contribution is 2.44. The van der Waals surface area contributed by atoms with Gasteiger partial charge in [0, 0.05) is 24.9 Å². The van der Waals surface area contributed by atoms with E-state index in [-0.39, 0.29) is 49.3 Å². The Morgan fingerprint density at radius 1 is 1.03 bits per heavy atom. The molecule has 1 unspecified atom stereocenters. The fourth-order valence-corrected chi connectivity index (χ4v) is 4.86. The first-order valence-corrected chi connectivity index (χ1v) is 11.6. The first-order valence-electron chi connectivity index (χ1n) is 11.6. The molecule has 1 fully saturated rings. The number of fused-ring (bicyclic) bond motifs is 3. The summed E-state index contributed by atoms with van der Waals surface area (Å²) >= 11 is 0. The van der Waals surface area contributed by atoms with Gasteiger partial charge in [-0.1, -0.05) is 55.5 Å². The maximum atomic E-state index is 12.5. The number of carboxylic acid groups (broad SMARTS) is 1. The minimum Gasteiger partial charge on any atom is -0.481 e. The molecule has 0 heterocycles. The van der Waals surface area contributed by atoms with Crippen molar-refractivity contribution < 1.29 is 24.2 Å². The van der Waals surface area contributed by atoms with Crippen LogP contribution in [0.4, 0.5) is 4.79 Å². The quantitative estimate of drug-likeness (QED) is 0.537. The number of carbonyl (C=O) groups is 3. The molecule has 2 aliphatic carbocycles. The van der Waals surface area contributed by atoms with E-state index in [2.05, 4.69) is 34.9 Å². The maximum absolute atomic E-state index is 12.5. The van der Waals surface area contributed by atoms with Crippen LogP contribution in [0.1, 0.15) is 49.7 Å². The van der Waals surface area contributed by atoms with E-state index in [4.69, 9.17) is 9.84 Å². The van der Waals surface area contributed by atoms with Crippen molar-refractivity contribution in [3.8, 4) is 11.1 Å². The minimum absolute atomic E-state index is 0.00853. The fraction of sp³-hybridized carbons (Fsp3) is 0.423. The van der Waals surface area contributed by atoms with Gasteiger partial charge in [0.1, 0.15) is 6.61 Å². The number of hydrogen-bond acceptors (Lipinski definition) is 4. The number of amides is 2. The van der Waals surface area contributed by atoms with Gasteiger partial charge in [0.05, 0.1) is 5.92 Å². The molecule has 0 aromatic heterocycles. The number of nitrogens with one attached hydrogen (secondary N) is 2. The summed E-state index contributed by atoms with van der Waals surface area (Å²) in [6.45, 7) is 2.33. The molecule has 2 aromatic rings. The second-order valence-corrected chi connectivity index (χ2v) is 8.95. The lowest BCUT2D eigenvalue weighted by molar-refractivity contribution is -0.139. The summed E-state index contributed by atoms with van der Waals surface area (Å²) in [6, 6.07) is 16.3. The van der Waals surface area contributed by atoms with Crippen molar-refractivity contribution in [3.05, 3.63) is 59.7 Å². The van der Waals surface area contributed by atoms with Gasteiger partial charge in [0.15, 0.2) is 0 Å². The van der Waals surface area contributed by atoms with E-state index in [1.807, 2.05) is 31.2 Å². The molecule has 0 bridgehead atoms. The average Bonchev–Trinajstić information content (AvgIpc) is 3.10. The van der Waals surface area contributed by atoms with Crippen molar-refractivity contribution in [2.75, 3.05) is 13.2 Å². The number of ether oxygens (including phenoxy) is 1. The van der Waals surface area contributed by atoms with E-state index in [0.717, 1.165) is 11.1 Å². The largest absolute Gasteiger partial charge is 0.481 e. The van der Waals surface area contributed by atoms with E-state index < -0.39 is 12.1 Å². The Hall–Kier alpha value is -3.35. The number of carboxylic acids is 1. The average molecular weight is 451 g/mol. The molecule has 0 aliphatic heterocycles. The Balaban J connectivity index is 1.25. The van der Waals surface area contributed by atoms with Crippen molar-refractivity contribution in [1.82, 2.24) is 10.6 Å². The molecule has 174 valence electrons. The second kappa shape index (κ2) is 10.1. The maximum Gasteiger partial charge on any atom is 0.407 e. The molecule has 2 amide bonds. The Labute approximate surface area is 193 Å². The summed E-state index contributed by atoms with van der Waals surface area (Å²) in [7, 11) is 0. The van der Waals surface area contributed by atoms with Gasteiger partial charge < -0.3 is 20.5 Å². The zero-order valence-corrected chi connectivity index (χ0v) is 18.8. The van der Waals surface area contributed by atoms with Crippen molar-refractivity contribution in [1.29, 1.82) is 0 Å². The molecule has 1 saturated carbocycles. The highest BCUT2D eigenvalue weighted by Gasteiger charge is 2.33. The molecule has 2 aromatic carbocycles. The molecule has 7 heteroatoms. The first kappa shape index (κ1) is 22.8. The lowest BCUT2D eigenvalue weighted by Gasteiger charge is -2.35. The van der Waals surface area contributed by atoms with Crippen molar-refractivity contribution in [2.24, 2.45) is 11.8 Å². The van der Waals surface area contributed by atoms with Gasteiger partial charge >= 0.3 is 12.1 Å². The smallest absolute Gasteiger partial charge is 0.407 e. The van der Waals surface area contributed by atoms with Crippen molar-refractivity contribution in [2.45, 2.75) is 44.6 Å². The Morgan fingerprint density at radius 2 is 1.64 bits per heavy atom. The molecule has 1 atom stereocenters. The zero-order valence-electron chi connectivity index (χ0n) is 18.8. The monoisotopic (exact) mass is 450 g/mol. The standard InChI is InChI=1S/C26H30N2O5/c1-2-17(25(31)28-18-11-16(12-18)13-24(29)30)14-27-26(32)33-15-23-21-9-5-3-7-19(21)20-8-4-6-10-22(20)23/h3-10,16-18,23H,2,11-15H2,1H3,(H,27,32)(H,28,31)(H,29,30). The fourth-order valence-electron chi connectivity index (χ4n) is 4.86. The molecule has 2 aliphatic rings. The number of rotatable bonds is 9. The van der Waals surface area contributed by atoms with Gasteiger partial charge in [-0.2, -0.15) is 0 Å². The van der Waals surface area contributed by atoms with E-state index in [0.29, 0.717) is 19.3 Å². The molecule has 0 spiro atoms. The predicted octanol–water partition coefficient (Wildman–Crippen LogP) is 3.92. The SMILES string of the molecule is CCC(CNC(=O)OCC1c2ccccc2-c2ccccc21)C(=O)NC1CC(CC(=O)O)C1. The normalized spacial score (nSPS) is 19.5. The van der Waals surface area contributed by atoms with E-state index in [1.165, 1.54) is 11.1 Å². The van der Waals surface area contributed by atoms with Crippen molar-refractivity contribution in [3.63, 3.8) is 0 Å². The Kier molecular flexibility index (Phi) is 6.96. The summed E-state index contributed by atoms with van der Waals surface area (Å²) in [4.78, 5) is 35.7. The van der Waals surface area contributed by atoms with Gasteiger partial charge in [0.2, 0.25) is 5.91 Å². The van der Waals surface area contributed by atoms with Crippen LogP contribution in [0, 0.1) is 11.8 Å². The minimum atomic E-state index is -0.802. The summed E-state index contributed by atoms with van der Waals surface area (Å²) in [6.07, 6.45) is 1.57. The summed E-state index contributed by atoms with van der Waals surface area (Å²) < 4.78 is 5.54. The summed E-state index contributed by atoms with van der Waals surface area (Å²) in [5.41, 5.74) is 4.65. The lowest BCUT2D eigenvalue weighted by atomic mass is 9.78. The molecule has 0 radical (unpaired) electrons. The van der Waals surface area contributed by atoms with E-state index >= 15 is 0 Å². The molecule has 0 saturated heterocycles. The van der Waals surface area contributed by atoms with Crippen molar-refractivity contribution >= 4 is 18.0 Å². The van der Waals surface area contributed by atoms with Crippen LogP contribution in [-0.4, -0.2) is 42.3 Å². The van der Waals surface area contributed by atoms with Crippen LogP contribution in [0.25, 0.3) is 11.1 Å². The van der Waals surface area contributed by atoms with E-state index in [9.17, 15) is 14.4 Å². The third-order valence-corrected chi connectivity index (χ3v) is 6.75. The van der Waals surface area contributed by atoms with Crippen LogP contribution in [0.5, 0.6) is 0 Å².